The zero-order valence-electron chi connectivity index (χ0n) is 9.26. The molecule has 4 heteroatoms. The highest BCUT2D eigenvalue weighted by Gasteiger charge is 2.32. The fourth-order valence-corrected chi connectivity index (χ4v) is 1.99. The van der Waals surface area contributed by atoms with Crippen molar-refractivity contribution in [1.29, 1.82) is 0 Å². The van der Waals surface area contributed by atoms with Gasteiger partial charge in [-0.15, -0.1) is 0 Å². The van der Waals surface area contributed by atoms with Crippen LogP contribution in [0, 0.1) is 0 Å². The number of β-amino-alcohol motifs (C(OH)–C–C–N with tert-alkyl or cyclic N) is 1. The number of aliphatic hydroxyl groups excluding tert-OH is 2. The molecule has 1 fully saturated rings. The molecule has 1 aliphatic heterocycles. The summed E-state index contributed by atoms with van der Waals surface area (Å²) in [4.78, 5) is 0. The third kappa shape index (κ3) is 2.35. The highest BCUT2D eigenvalue weighted by atomic mass is 16.5. The van der Waals surface area contributed by atoms with E-state index in [1.165, 1.54) is 0 Å². The van der Waals surface area contributed by atoms with Crippen molar-refractivity contribution in [3.63, 3.8) is 0 Å². The van der Waals surface area contributed by atoms with E-state index < -0.39 is 12.2 Å². The maximum Gasteiger partial charge on any atom is 0.118 e. The molecule has 1 aliphatic rings. The minimum atomic E-state index is -0.679. The third-order valence-electron chi connectivity index (χ3n) is 3.01. The quantitative estimate of drug-likeness (QED) is 0.671. The fraction of sp³-hybridized carbons (Fsp3) is 0.500. The van der Waals surface area contributed by atoms with Crippen LogP contribution in [0.1, 0.15) is 5.56 Å². The van der Waals surface area contributed by atoms with Crippen LogP contribution in [0.15, 0.2) is 24.3 Å². The molecule has 2 rings (SSSR count). The van der Waals surface area contributed by atoms with Crippen molar-refractivity contribution in [2.45, 2.75) is 24.7 Å². The number of hydrogen-bond acceptors (Lipinski definition) is 4. The van der Waals surface area contributed by atoms with Crippen molar-refractivity contribution >= 4 is 0 Å². The number of rotatable bonds is 3. The summed E-state index contributed by atoms with van der Waals surface area (Å²) in [5.41, 5.74) is 1.12. The number of ether oxygens (including phenoxy) is 1. The summed E-state index contributed by atoms with van der Waals surface area (Å²) in [6.45, 7) is 0.460. The largest absolute Gasteiger partial charge is 0.497 e. The van der Waals surface area contributed by atoms with Crippen LogP contribution < -0.4 is 10.1 Å². The summed E-state index contributed by atoms with van der Waals surface area (Å²) < 4.78 is 5.07. The molecular weight excluding hydrogens is 206 g/mol. The van der Waals surface area contributed by atoms with Crippen LogP contribution in [-0.4, -0.2) is 42.1 Å². The average molecular weight is 223 g/mol. The summed E-state index contributed by atoms with van der Waals surface area (Å²) >= 11 is 0. The first-order chi connectivity index (χ1) is 7.70. The van der Waals surface area contributed by atoms with E-state index in [0.29, 0.717) is 13.0 Å². The molecule has 0 radical (unpaired) electrons. The molecule has 3 atom stereocenters. The van der Waals surface area contributed by atoms with Gasteiger partial charge >= 0.3 is 0 Å². The number of hydrogen-bond donors (Lipinski definition) is 3. The number of nitrogens with one attached hydrogen (secondary N) is 1. The Morgan fingerprint density at radius 3 is 2.50 bits per heavy atom. The van der Waals surface area contributed by atoms with E-state index in [9.17, 15) is 10.2 Å². The van der Waals surface area contributed by atoms with Gasteiger partial charge in [-0.05, 0) is 24.1 Å². The predicted molar refractivity (Wildman–Crippen MR) is 60.5 cm³/mol. The van der Waals surface area contributed by atoms with E-state index in [1.807, 2.05) is 24.3 Å². The summed E-state index contributed by atoms with van der Waals surface area (Å²) in [5.74, 6) is 0.823. The second kappa shape index (κ2) is 4.82. The zero-order chi connectivity index (χ0) is 11.5. The molecule has 16 heavy (non-hydrogen) atoms. The van der Waals surface area contributed by atoms with Gasteiger partial charge < -0.3 is 20.3 Å². The molecule has 0 spiro atoms. The first-order valence-electron chi connectivity index (χ1n) is 5.43. The van der Waals surface area contributed by atoms with Crippen LogP contribution in [0.3, 0.4) is 0 Å². The van der Waals surface area contributed by atoms with Crippen LogP contribution in [0.2, 0.25) is 0 Å². The molecular formula is C12H17NO3. The molecule has 0 unspecified atom stereocenters. The van der Waals surface area contributed by atoms with Gasteiger partial charge in [0.25, 0.3) is 0 Å². The van der Waals surface area contributed by atoms with Crippen molar-refractivity contribution in [3.05, 3.63) is 29.8 Å². The molecule has 0 amide bonds. The normalized spacial score (nSPS) is 29.3. The molecule has 0 bridgehead atoms. The number of methoxy groups -OCH3 is 1. The molecule has 0 saturated carbocycles. The Morgan fingerprint density at radius 2 is 2.00 bits per heavy atom. The molecule has 4 nitrogen and oxygen atoms in total. The molecule has 1 heterocycles. The highest BCUT2D eigenvalue weighted by molar-refractivity contribution is 5.28. The Labute approximate surface area is 94.9 Å². The van der Waals surface area contributed by atoms with Gasteiger partial charge in [0.1, 0.15) is 5.75 Å². The van der Waals surface area contributed by atoms with Crippen molar-refractivity contribution in [2.75, 3.05) is 13.7 Å². The maximum atomic E-state index is 9.68. The summed E-state index contributed by atoms with van der Waals surface area (Å²) in [6, 6.07) is 7.67. The van der Waals surface area contributed by atoms with Gasteiger partial charge in [-0.3, -0.25) is 0 Å². The molecule has 1 aromatic carbocycles. The van der Waals surface area contributed by atoms with Crippen LogP contribution in [0.4, 0.5) is 0 Å². The molecule has 1 saturated heterocycles. The Hall–Kier alpha value is -1.10. The monoisotopic (exact) mass is 223 g/mol. The van der Waals surface area contributed by atoms with Crippen LogP contribution in [-0.2, 0) is 6.42 Å². The van der Waals surface area contributed by atoms with E-state index in [4.69, 9.17) is 4.74 Å². The summed E-state index contributed by atoms with van der Waals surface area (Å²) in [6.07, 6.45) is -0.618. The summed E-state index contributed by atoms with van der Waals surface area (Å²) in [5, 5.41) is 22.2. The lowest BCUT2D eigenvalue weighted by Gasteiger charge is -2.16. The Morgan fingerprint density at radius 1 is 1.31 bits per heavy atom. The smallest absolute Gasteiger partial charge is 0.118 e. The van der Waals surface area contributed by atoms with Gasteiger partial charge in [-0.2, -0.15) is 0 Å². The van der Waals surface area contributed by atoms with Crippen molar-refractivity contribution in [3.8, 4) is 5.75 Å². The van der Waals surface area contributed by atoms with Crippen LogP contribution in [0.25, 0.3) is 0 Å². The van der Waals surface area contributed by atoms with E-state index in [0.717, 1.165) is 11.3 Å². The standard InChI is InChI=1S/C12H17NO3/c1-16-9-4-2-8(3-5-9)6-10-12(15)11(14)7-13-10/h2-5,10-15H,6-7H2,1H3/t10-,11+,12+/m1/s1. The second-order valence-electron chi connectivity index (χ2n) is 4.12. The van der Waals surface area contributed by atoms with Crippen LogP contribution in [0.5, 0.6) is 5.75 Å². The average Bonchev–Trinajstić information content (AvgIpc) is 2.62. The lowest BCUT2D eigenvalue weighted by molar-refractivity contribution is 0.0408. The third-order valence-corrected chi connectivity index (χ3v) is 3.01. The lowest BCUT2D eigenvalue weighted by atomic mass is 10.0. The van der Waals surface area contributed by atoms with E-state index in [1.54, 1.807) is 7.11 Å². The first kappa shape index (κ1) is 11.4. The fourth-order valence-electron chi connectivity index (χ4n) is 1.99. The number of aliphatic hydroxyl groups is 2. The van der Waals surface area contributed by atoms with Gasteiger partial charge in [0, 0.05) is 12.6 Å². The number of benzene rings is 1. The molecule has 0 aromatic heterocycles. The molecule has 88 valence electrons. The maximum absolute atomic E-state index is 9.68. The Balaban J connectivity index is 1.98. The SMILES string of the molecule is COc1ccc(C[C@H]2NC[C@H](O)[C@H]2O)cc1. The minimum absolute atomic E-state index is 0.0663. The van der Waals surface area contributed by atoms with Gasteiger partial charge in [-0.1, -0.05) is 12.1 Å². The topological polar surface area (TPSA) is 61.7 Å². The highest BCUT2D eigenvalue weighted by Crippen LogP contribution is 2.16. The minimum Gasteiger partial charge on any atom is -0.497 e. The van der Waals surface area contributed by atoms with Gasteiger partial charge in [-0.25, -0.2) is 0 Å². The van der Waals surface area contributed by atoms with Gasteiger partial charge in [0.2, 0.25) is 0 Å². The predicted octanol–water partition coefficient (Wildman–Crippen LogP) is -0.0687. The summed E-state index contributed by atoms with van der Waals surface area (Å²) in [7, 11) is 1.63. The Kier molecular flexibility index (Phi) is 3.43. The zero-order valence-corrected chi connectivity index (χ0v) is 9.26. The van der Waals surface area contributed by atoms with Crippen LogP contribution >= 0.6 is 0 Å². The second-order valence-corrected chi connectivity index (χ2v) is 4.12. The van der Waals surface area contributed by atoms with E-state index >= 15 is 0 Å². The van der Waals surface area contributed by atoms with E-state index in [-0.39, 0.29) is 6.04 Å². The molecule has 1 aromatic rings. The van der Waals surface area contributed by atoms with Crippen molar-refractivity contribution in [2.24, 2.45) is 0 Å². The lowest BCUT2D eigenvalue weighted by Crippen LogP contribution is -2.34. The first-order valence-corrected chi connectivity index (χ1v) is 5.43. The van der Waals surface area contributed by atoms with E-state index in [2.05, 4.69) is 5.32 Å². The van der Waals surface area contributed by atoms with Crippen molar-refractivity contribution < 1.29 is 14.9 Å². The molecule has 0 aliphatic carbocycles. The molecule has 3 N–H and O–H groups in total. The van der Waals surface area contributed by atoms with Gasteiger partial charge in [0.15, 0.2) is 0 Å². The van der Waals surface area contributed by atoms with Gasteiger partial charge in [0.05, 0.1) is 19.3 Å². The Bertz CT molecular complexity index is 339. The van der Waals surface area contributed by atoms with Crippen molar-refractivity contribution in [1.82, 2.24) is 5.32 Å².